The van der Waals surface area contributed by atoms with Gasteiger partial charge in [0.1, 0.15) is 5.76 Å². The van der Waals surface area contributed by atoms with E-state index in [1.807, 2.05) is 18.7 Å². The smallest absolute Gasteiger partial charge is 0.255 e. The first-order chi connectivity index (χ1) is 13.0. The minimum atomic E-state index is 0.224. The van der Waals surface area contributed by atoms with E-state index in [1.54, 1.807) is 11.3 Å². The maximum atomic E-state index is 13.1. The van der Waals surface area contributed by atoms with Gasteiger partial charge in [0, 0.05) is 55.1 Å². The molecule has 2 aliphatic rings. The number of carbonyl (C=O) groups excluding carboxylic acids is 1. The standard InChI is InChI=1S/C20H28N4O2S/c1-14-17(15(2)26-21-14)11-23-8-5-16-18(13-27-19(16)12-23)20(25)24-7-4-6-22(3)9-10-24/h13H,4-12H2,1-3H3. The Morgan fingerprint density at radius 3 is 2.85 bits per heavy atom. The largest absolute Gasteiger partial charge is 0.361 e. The lowest BCUT2D eigenvalue weighted by molar-refractivity contribution is 0.0761. The number of hydrogen-bond donors (Lipinski definition) is 0. The van der Waals surface area contributed by atoms with Crippen molar-refractivity contribution in [3.63, 3.8) is 0 Å². The van der Waals surface area contributed by atoms with Crippen molar-refractivity contribution in [1.29, 1.82) is 0 Å². The second-order valence-corrected chi connectivity index (χ2v) is 8.73. The van der Waals surface area contributed by atoms with Crippen molar-refractivity contribution >= 4 is 17.2 Å². The Hall–Kier alpha value is -1.70. The molecule has 0 bridgehead atoms. The summed E-state index contributed by atoms with van der Waals surface area (Å²) in [6.07, 6.45) is 2.00. The number of likely N-dealkylation sites (N-methyl/N-ethyl adjacent to an activating group) is 1. The van der Waals surface area contributed by atoms with Crippen molar-refractivity contribution in [1.82, 2.24) is 19.9 Å². The van der Waals surface area contributed by atoms with Crippen LogP contribution in [0.25, 0.3) is 0 Å². The molecule has 1 amide bonds. The van der Waals surface area contributed by atoms with Gasteiger partial charge in [0.25, 0.3) is 5.91 Å². The van der Waals surface area contributed by atoms with Gasteiger partial charge < -0.3 is 14.3 Å². The third kappa shape index (κ3) is 3.81. The van der Waals surface area contributed by atoms with Crippen LogP contribution in [0.3, 0.4) is 0 Å². The van der Waals surface area contributed by atoms with Crippen molar-refractivity contribution in [2.75, 3.05) is 39.8 Å². The van der Waals surface area contributed by atoms with Gasteiger partial charge in [-0.1, -0.05) is 5.16 Å². The SMILES string of the molecule is Cc1noc(C)c1CN1CCc2c(C(=O)N3CCCN(C)CC3)csc2C1. The van der Waals surface area contributed by atoms with Crippen molar-refractivity contribution in [3.05, 3.63) is 38.4 Å². The molecule has 6 nitrogen and oxygen atoms in total. The number of hydrogen-bond acceptors (Lipinski definition) is 6. The van der Waals surface area contributed by atoms with Crippen LogP contribution in [0, 0.1) is 13.8 Å². The molecule has 0 aromatic carbocycles. The second kappa shape index (κ2) is 7.73. The molecule has 4 rings (SSSR count). The number of aromatic nitrogens is 1. The summed E-state index contributed by atoms with van der Waals surface area (Å²) in [7, 11) is 2.13. The van der Waals surface area contributed by atoms with Crippen LogP contribution in [0.4, 0.5) is 0 Å². The highest BCUT2D eigenvalue weighted by molar-refractivity contribution is 7.10. The van der Waals surface area contributed by atoms with E-state index >= 15 is 0 Å². The van der Waals surface area contributed by atoms with E-state index in [4.69, 9.17) is 4.52 Å². The molecule has 0 atom stereocenters. The molecule has 4 heterocycles. The fourth-order valence-electron chi connectivity index (χ4n) is 4.07. The van der Waals surface area contributed by atoms with Crippen LogP contribution in [0.1, 0.15) is 44.2 Å². The predicted octanol–water partition coefficient (Wildman–Crippen LogP) is 2.69. The molecule has 0 N–H and O–H groups in total. The van der Waals surface area contributed by atoms with Crippen LogP contribution in [0.15, 0.2) is 9.90 Å². The first kappa shape index (κ1) is 18.7. The summed E-state index contributed by atoms with van der Waals surface area (Å²) in [4.78, 5) is 21.2. The maximum Gasteiger partial charge on any atom is 0.255 e. The lowest BCUT2D eigenvalue weighted by Crippen LogP contribution is -2.36. The third-order valence-corrected chi connectivity index (χ3v) is 6.84. The lowest BCUT2D eigenvalue weighted by Gasteiger charge is -2.28. The Labute approximate surface area is 164 Å². The summed E-state index contributed by atoms with van der Waals surface area (Å²) in [5.41, 5.74) is 4.39. The van der Waals surface area contributed by atoms with Crippen molar-refractivity contribution in [3.8, 4) is 0 Å². The molecule has 1 saturated heterocycles. The number of rotatable bonds is 3. The van der Waals surface area contributed by atoms with Crippen LogP contribution >= 0.6 is 11.3 Å². The quantitative estimate of drug-likeness (QED) is 0.809. The van der Waals surface area contributed by atoms with Gasteiger partial charge in [-0.2, -0.15) is 0 Å². The molecule has 2 aromatic rings. The van der Waals surface area contributed by atoms with Crippen molar-refractivity contribution < 1.29 is 9.32 Å². The molecular formula is C20H28N4O2S. The van der Waals surface area contributed by atoms with Crippen LogP contribution in [0.2, 0.25) is 0 Å². The van der Waals surface area contributed by atoms with Gasteiger partial charge in [-0.05, 0) is 45.8 Å². The topological polar surface area (TPSA) is 52.8 Å². The van der Waals surface area contributed by atoms with Gasteiger partial charge >= 0.3 is 0 Å². The number of carbonyl (C=O) groups is 1. The molecule has 1 fully saturated rings. The summed E-state index contributed by atoms with van der Waals surface area (Å²) in [6.45, 7) is 10.4. The van der Waals surface area contributed by atoms with E-state index in [9.17, 15) is 4.79 Å². The average molecular weight is 389 g/mol. The highest BCUT2D eigenvalue weighted by Gasteiger charge is 2.28. The monoisotopic (exact) mass is 388 g/mol. The van der Waals surface area contributed by atoms with E-state index in [1.165, 1.54) is 16.0 Å². The normalized spacial score (nSPS) is 19.1. The van der Waals surface area contributed by atoms with Crippen LogP contribution in [-0.2, 0) is 19.5 Å². The molecular weight excluding hydrogens is 360 g/mol. The zero-order valence-corrected chi connectivity index (χ0v) is 17.3. The first-order valence-electron chi connectivity index (χ1n) is 9.74. The Balaban J connectivity index is 1.46. The Morgan fingerprint density at radius 1 is 1.22 bits per heavy atom. The predicted molar refractivity (Wildman–Crippen MR) is 106 cm³/mol. The molecule has 0 unspecified atom stereocenters. The van der Waals surface area contributed by atoms with Crippen molar-refractivity contribution in [2.24, 2.45) is 0 Å². The minimum Gasteiger partial charge on any atom is -0.361 e. The Morgan fingerprint density at radius 2 is 2.07 bits per heavy atom. The summed E-state index contributed by atoms with van der Waals surface area (Å²) in [5, 5.41) is 6.15. The molecule has 2 aromatic heterocycles. The number of aryl methyl sites for hydroxylation is 2. The molecule has 146 valence electrons. The Bertz CT molecular complexity index is 809. The zero-order valence-electron chi connectivity index (χ0n) is 16.5. The lowest BCUT2D eigenvalue weighted by atomic mass is 10.0. The van der Waals surface area contributed by atoms with E-state index < -0.39 is 0 Å². The number of nitrogens with zero attached hydrogens (tertiary/aromatic N) is 4. The molecule has 0 saturated carbocycles. The molecule has 2 aliphatic heterocycles. The minimum absolute atomic E-state index is 0.224. The second-order valence-electron chi connectivity index (χ2n) is 7.76. The maximum absolute atomic E-state index is 13.1. The van der Waals surface area contributed by atoms with Crippen LogP contribution < -0.4 is 0 Å². The fraction of sp³-hybridized carbons (Fsp3) is 0.600. The summed E-state index contributed by atoms with van der Waals surface area (Å²) in [6, 6.07) is 0. The summed E-state index contributed by atoms with van der Waals surface area (Å²) >= 11 is 1.74. The first-order valence-corrected chi connectivity index (χ1v) is 10.6. The average Bonchev–Trinajstić information content (AvgIpc) is 3.13. The van der Waals surface area contributed by atoms with Gasteiger partial charge in [-0.15, -0.1) is 11.3 Å². The van der Waals surface area contributed by atoms with E-state index in [-0.39, 0.29) is 5.91 Å². The van der Waals surface area contributed by atoms with Crippen molar-refractivity contribution in [2.45, 2.75) is 39.8 Å². The number of thiophene rings is 1. The van der Waals surface area contributed by atoms with E-state index in [0.29, 0.717) is 0 Å². The van der Waals surface area contributed by atoms with Gasteiger partial charge in [0.15, 0.2) is 0 Å². The van der Waals surface area contributed by atoms with E-state index in [0.717, 1.165) is 75.7 Å². The third-order valence-electron chi connectivity index (χ3n) is 5.83. The number of fused-ring (bicyclic) bond motifs is 1. The molecule has 0 spiro atoms. The highest BCUT2D eigenvalue weighted by Crippen LogP contribution is 2.31. The van der Waals surface area contributed by atoms with Crippen LogP contribution in [0.5, 0.6) is 0 Å². The van der Waals surface area contributed by atoms with Crippen LogP contribution in [-0.4, -0.2) is 65.5 Å². The van der Waals surface area contributed by atoms with Gasteiger partial charge in [-0.3, -0.25) is 9.69 Å². The molecule has 27 heavy (non-hydrogen) atoms. The fourth-order valence-corrected chi connectivity index (χ4v) is 5.18. The summed E-state index contributed by atoms with van der Waals surface area (Å²) in [5.74, 6) is 1.13. The molecule has 0 aliphatic carbocycles. The van der Waals surface area contributed by atoms with E-state index in [2.05, 4.69) is 27.4 Å². The van der Waals surface area contributed by atoms with Gasteiger partial charge in [0.2, 0.25) is 0 Å². The highest BCUT2D eigenvalue weighted by atomic mass is 32.1. The molecule has 0 radical (unpaired) electrons. The van der Waals surface area contributed by atoms with Gasteiger partial charge in [0.05, 0.1) is 11.3 Å². The molecule has 7 heteroatoms. The zero-order chi connectivity index (χ0) is 19.0. The van der Waals surface area contributed by atoms with Gasteiger partial charge in [-0.25, -0.2) is 0 Å². The number of amides is 1. The summed E-state index contributed by atoms with van der Waals surface area (Å²) < 4.78 is 5.30. The Kier molecular flexibility index (Phi) is 5.34.